The first kappa shape index (κ1) is 14.8. The third-order valence-corrected chi connectivity index (χ3v) is 4.26. The maximum Gasteiger partial charge on any atom is 0.144 e. The zero-order valence-electron chi connectivity index (χ0n) is 12.9. The third-order valence-electron chi connectivity index (χ3n) is 4.26. The van der Waals surface area contributed by atoms with Gasteiger partial charge in [-0.15, -0.1) is 0 Å². The molecular formula is C16H24N4. The van der Waals surface area contributed by atoms with Crippen molar-refractivity contribution >= 4 is 5.82 Å². The number of hydrogen-bond acceptors (Lipinski definition) is 4. The van der Waals surface area contributed by atoms with Crippen LogP contribution in [0.5, 0.6) is 0 Å². The van der Waals surface area contributed by atoms with Gasteiger partial charge >= 0.3 is 0 Å². The lowest BCUT2D eigenvalue weighted by Crippen LogP contribution is -2.50. The van der Waals surface area contributed by atoms with Gasteiger partial charge < -0.3 is 10.6 Å². The van der Waals surface area contributed by atoms with E-state index in [2.05, 4.69) is 35.5 Å². The molecule has 0 spiro atoms. The molecule has 0 amide bonds. The predicted molar refractivity (Wildman–Crippen MR) is 81.7 cm³/mol. The molecule has 1 atom stereocenters. The molecule has 0 aromatic carbocycles. The number of hydrogen-bond donors (Lipinski definition) is 2. The molecule has 1 unspecified atom stereocenters. The van der Waals surface area contributed by atoms with Crippen LogP contribution < -0.4 is 10.6 Å². The molecule has 0 bridgehead atoms. The zero-order chi connectivity index (χ0) is 14.8. The van der Waals surface area contributed by atoms with Gasteiger partial charge in [0.2, 0.25) is 0 Å². The van der Waals surface area contributed by atoms with Crippen LogP contribution in [-0.4, -0.2) is 24.1 Å². The summed E-state index contributed by atoms with van der Waals surface area (Å²) >= 11 is 0. The Morgan fingerprint density at radius 2 is 2.25 bits per heavy atom. The standard InChI is InChI=1S/C16H24N4/c1-11-8-12(2)20-15(13(11)9-17)19-10-14-16(3,4)6-5-7-18-14/h8,14,18H,5-7,10H2,1-4H3,(H,19,20). The summed E-state index contributed by atoms with van der Waals surface area (Å²) in [5.41, 5.74) is 2.86. The first-order valence-electron chi connectivity index (χ1n) is 7.29. The number of nitrogens with one attached hydrogen (secondary N) is 2. The van der Waals surface area contributed by atoms with Gasteiger partial charge in [0.15, 0.2) is 0 Å². The number of nitriles is 1. The van der Waals surface area contributed by atoms with E-state index in [4.69, 9.17) is 0 Å². The van der Waals surface area contributed by atoms with Crippen LogP contribution >= 0.6 is 0 Å². The van der Waals surface area contributed by atoms with Crippen LogP contribution in [0.15, 0.2) is 6.07 Å². The minimum atomic E-state index is 0.275. The lowest BCUT2D eigenvalue weighted by Gasteiger charge is -2.39. The van der Waals surface area contributed by atoms with E-state index in [1.807, 2.05) is 19.9 Å². The SMILES string of the molecule is Cc1cc(C)c(C#N)c(NCC2NCCCC2(C)C)n1. The molecule has 1 aromatic heterocycles. The molecule has 2 heterocycles. The summed E-state index contributed by atoms with van der Waals surface area (Å²) in [6.07, 6.45) is 2.46. The average Bonchev–Trinajstić information content (AvgIpc) is 2.36. The minimum Gasteiger partial charge on any atom is -0.367 e. The highest BCUT2D eigenvalue weighted by atomic mass is 15.1. The molecule has 4 nitrogen and oxygen atoms in total. The number of nitrogens with zero attached hydrogens (tertiary/aromatic N) is 2. The summed E-state index contributed by atoms with van der Waals surface area (Å²) in [5.74, 6) is 0.716. The molecular weight excluding hydrogens is 248 g/mol. The van der Waals surface area contributed by atoms with Crippen LogP contribution in [-0.2, 0) is 0 Å². The van der Waals surface area contributed by atoms with E-state index in [-0.39, 0.29) is 5.41 Å². The Hall–Kier alpha value is -1.60. The second-order valence-electron chi connectivity index (χ2n) is 6.40. The largest absolute Gasteiger partial charge is 0.367 e. The van der Waals surface area contributed by atoms with E-state index in [1.165, 1.54) is 12.8 Å². The van der Waals surface area contributed by atoms with Gasteiger partial charge in [0.05, 0.1) is 5.56 Å². The van der Waals surface area contributed by atoms with Crippen LogP contribution in [0.25, 0.3) is 0 Å². The van der Waals surface area contributed by atoms with Gasteiger partial charge in [-0.25, -0.2) is 4.98 Å². The van der Waals surface area contributed by atoms with Crippen LogP contribution in [0.4, 0.5) is 5.82 Å². The second-order valence-corrected chi connectivity index (χ2v) is 6.40. The first-order chi connectivity index (χ1) is 9.44. The Kier molecular flexibility index (Phi) is 4.29. The molecule has 108 valence electrons. The summed E-state index contributed by atoms with van der Waals surface area (Å²) in [6, 6.07) is 4.61. The van der Waals surface area contributed by atoms with E-state index >= 15 is 0 Å². The molecule has 1 saturated heterocycles. The third kappa shape index (κ3) is 3.10. The monoisotopic (exact) mass is 272 g/mol. The summed E-state index contributed by atoms with van der Waals surface area (Å²) in [6.45, 7) is 10.4. The normalized spacial score (nSPS) is 21.2. The Labute approximate surface area is 121 Å². The van der Waals surface area contributed by atoms with Crippen molar-refractivity contribution in [1.82, 2.24) is 10.3 Å². The summed E-state index contributed by atoms with van der Waals surface area (Å²) < 4.78 is 0. The number of rotatable bonds is 3. The lowest BCUT2D eigenvalue weighted by atomic mass is 9.77. The van der Waals surface area contributed by atoms with E-state index in [0.717, 1.165) is 24.3 Å². The molecule has 0 radical (unpaired) electrons. The topological polar surface area (TPSA) is 60.7 Å². The van der Waals surface area contributed by atoms with E-state index in [9.17, 15) is 5.26 Å². The maximum atomic E-state index is 9.28. The Bertz CT molecular complexity index is 528. The van der Waals surface area contributed by atoms with Gasteiger partial charge in [-0.05, 0) is 50.3 Å². The van der Waals surface area contributed by atoms with Crippen molar-refractivity contribution in [3.8, 4) is 6.07 Å². The van der Waals surface area contributed by atoms with Crippen molar-refractivity contribution in [2.45, 2.75) is 46.6 Å². The van der Waals surface area contributed by atoms with Crippen LogP contribution in [0, 0.1) is 30.6 Å². The van der Waals surface area contributed by atoms with E-state index in [1.54, 1.807) is 0 Å². The number of pyridine rings is 1. The number of anilines is 1. The van der Waals surface area contributed by atoms with Crippen molar-refractivity contribution in [3.05, 3.63) is 22.9 Å². The van der Waals surface area contributed by atoms with Crippen molar-refractivity contribution in [2.24, 2.45) is 5.41 Å². The fourth-order valence-electron chi connectivity index (χ4n) is 2.92. The highest BCUT2D eigenvalue weighted by molar-refractivity contribution is 5.56. The van der Waals surface area contributed by atoms with Crippen LogP contribution in [0.2, 0.25) is 0 Å². The maximum absolute atomic E-state index is 9.28. The average molecular weight is 272 g/mol. The highest BCUT2D eigenvalue weighted by Gasteiger charge is 2.31. The van der Waals surface area contributed by atoms with Crippen molar-refractivity contribution in [2.75, 3.05) is 18.4 Å². The Morgan fingerprint density at radius 3 is 2.90 bits per heavy atom. The smallest absolute Gasteiger partial charge is 0.144 e. The fraction of sp³-hybridized carbons (Fsp3) is 0.625. The Balaban J connectivity index is 2.13. The number of aromatic nitrogens is 1. The first-order valence-corrected chi connectivity index (χ1v) is 7.29. The van der Waals surface area contributed by atoms with Crippen molar-refractivity contribution in [1.29, 1.82) is 5.26 Å². The van der Waals surface area contributed by atoms with Crippen LogP contribution in [0.3, 0.4) is 0 Å². The predicted octanol–water partition coefficient (Wildman–Crippen LogP) is 2.76. The molecule has 4 heteroatoms. The summed E-state index contributed by atoms with van der Waals surface area (Å²) in [5, 5.41) is 16.2. The van der Waals surface area contributed by atoms with Gasteiger partial charge in [0.25, 0.3) is 0 Å². The summed E-state index contributed by atoms with van der Waals surface area (Å²) in [7, 11) is 0. The molecule has 0 saturated carbocycles. The Morgan fingerprint density at radius 1 is 1.50 bits per heavy atom. The molecule has 20 heavy (non-hydrogen) atoms. The highest BCUT2D eigenvalue weighted by Crippen LogP contribution is 2.30. The van der Waals surface area contributed by atoms with Gasteiger partial charge in [-0.3, -0.25) is 0 Å². The minimum absolute atomic E-state index is 0.275. The van der Waals surface area contributed by atoms with Gasteiger partial charge in [0, 0.05) is 18.3 Å². The van der Waals surface area contributed by atoms with Gasteiger partial charge in [0.1, 0.15) is 11.9 Å². The summed E-state index contributed by atoms with van der Waals surface area (Å²) in [4.78, 5) is 4.48. The van der Waals surface area contributed by atoms with E-state index in [0.29, 0.717) is 17.4 Å². The van der Waals surface area contributed by atoms with Gasteiger partial charge in [-0.2, -0.15) is 5.26 Å². The van der Waals surface area contributed by atoms with Crippen molar-refractivity contribution < 1.29 is 0 Å². The van der Waals surface area contributed by atoms with Crippen LogP contribution in [0.1, 0.15) is 43.5 Å². The van der Waals surface area contributed by atoms with Crippen molar-refractivity contribution in [3.63, 3.8) is 0 Å². The lowest BCUT2D eigenvalue weighted by molar-refractivity contribution is 0.188. The molecule has 2 N–H and O–H groups in total. The van der Waals surface area contributed by atoms with E-state index < -0.39 is 0 Å². The number of aryl methyl sites for hydroxylation is 2. The number of piperidine rings is 1. The molecule has 1 aromatic rings. The second kappa shape index (κ2) is 5.80. The quantitative estimate of drug-likeness (QED) is 0.888. The molecule has 2 rings (SSSR count). The fourth-order valence-corrected chi connectivity index (χ4v) is 2.92. The zero-order valence-corrected chi connectivity index (χ0v) is 12.9. The van der Waals surface area contributed by atoms with Gasteiger partial charge in [-0.1, -0.05) is 13.8 Å². The molecule has 1 fully saturated rings. The molecule has 0 aliphatic carbocycles. The molecule has 1 aliphatic rings. The molecule has 1 aliphatic heterocycles.